The molecule has 108 valence electrons. The molecular weight excluding hydrogens is 295 g/mol. The van der Waals surface area contributed by atoms with E-state index < -0.39 is 22.3 Å². The Morgan fingerprint density at radius 1 is 1.29 bits per heavy atom. The maximum atomic E-state index is 13.2. The standard InChI is InChI=1S/C14H11FN2O3S/c1-21-11-4-2-3-10(8-11)16-14(18)12-7-9(15)5-6-13(12)17(19)20/h2-8H,1H3,(H,16,18). The molecule has 0 radical (unpaired) electrons. The highest BCUT2D eigenvalue weighted by Gasteiger charge is 2.21. The second-order valence-electron chi connectivity index (χ2n) is 4.10. The predicted octanol–water partition coefficient (Wildman–Crippen LogP) is 3.71. The first-order chi connectivity index (χ1) is 10.0. The molecule has 0 unspecified atom stereocenters. The Morgan fingerprint density at radius 3 is 2.71 bits per heavy atom. The van der Waals surface area contributed by atoms with Crippen LogP contribution in [-0.2, 0) is 0 Å². The van der Waals surface area contributed by atoms with Crippen LogP contribution in [0.4, 0.5) is 15.8 Å². The lowest BCUT2D eigenvalue weighted by Crippen LogP contribution is -2.14. The van der Waals surface area contributed by atoms with Gasteiger partial charge in [0.1, 0.15) is 11.4 Å². The molecule has 7 heteroatoms. The number of nitro benzene ring substituents is 1. The zero-order valence-electron chi connectivity index (χ0n) is 11.0. The molecule has 1 N–H and O–H groups in total. The molecule has 5 nitrogen and oxygen atoms in total. The molecule has 2 aromatic carbocycles. The molecule has 0 bridgehead atoms. The second kappa shape index (κ2) is 6.36. The highest BCUT2D eigenvalue weighted by molar-refractivity contribution is 7.98. The molecule has 0 aliphatic heterocycles. The average Bonchev–Trinajstić information content (AvgIpc) is 2.47. The normalized spacial score (nSPS) is 10.2. The van der Waals surface area contributed by atoms with Crippen molar-refractivity contribution in [3.8, 4) is 0 Å². The number of carbonyl (C=O) groups excluding carboxylic acids is 1. The van der Waals surface area contributed by atoms with Gasteiger partial charge >= 0.3 is 0 Å². The van der Waals surface area contributed by atoms with Crippen LogP contribution in [0.3, 0.4) is 0 Å². The number of nitrogens with one attached hydrogen (secondary N) is 1. The summed E-state index contributed by atoms with van der Waals surface area (Å²) < 4.78 is 13.2. The summed E-state index contributed by atoms with van der Waals surface area (Å²) in [7, 11) is 0. The summed E-state index contributed by atoms with van der Waals surface area (Å²) in [6.07, 6.45) is 1.89. The van der Waals surface area contributed by atoms with E-state index in [1.54, 1.807) is 18.2 Å². The first kappa shape index (κ1) is 15.0. The third-order valence-electron chi connectivity index (χ3n) is 2.73. The van der Waals surface area contributed by atoms with E-state index in [0.29, 0.717) is 5.69 Å². The van der Waals surface area contributed by atoms with Gasteiger partial charge in [0.2, 0.25) is 0 Å². The minimum absolute atomic E-state index is 0.311. The van der Waals surface area contributed by atoms with Crippen LogP contribution < -0.4 is 5.32 Å². The van der Waals surface area contributed by atoms with Crippen LogP contribution in [0.5, 0.6) is 0 Å². The Balaban J connectivity index is 2.31. The Bertz CT molecular complexity index is 706. The summed E-state index contributed by atoms with van der Waals surface area (Å²) >= 11 is 1.50. The number of carbonyl (C=O) groups is 1. The van der Waals surface area contributed by atoms with Crippen molar-refractivity contribution in [1.29, 1.82) is 0 Å². The van der Waals surface area contributed by atoms with Gasteiger partial charge in [-0.15, -0.1) is 11.8 Å². The topological polar surface area (TPSA) is 72.2 Å². The number of thioether (sulfide) groups is 1. The monoisotopic (exact) mass is 306 g/mol. The van der Waals surface area contributed by atoms with Gasteiger partial charge in [-0.2, -0.15) is 0 Å². The van der Waals surface area contributed by atoms with Crippen molar-refractivity contribution in [3.05, 3.63) is 64.0 Å². The van der Waals surface area contributed by atoms with Crippen molar-refractivity contribution in [2.75, 3.05) is 11.6 Å². The summed E-state index contributed by atoms with van der Waals surface area (Å²) in [5.41, 5.74) is -0.255. The maximum absolute atomic E-state index is 13.2. The lowest BCUT2D eigenvalue weighted by atomic mass is 10.1. The smallest absolute Gasteiger partial charge is 0.282 e. The van der Waals surface area contributed by atoms with E-state index in [2.05, 4.69) is 5.32 Å². The van der Waals surface area contributed by atoms with Gasteiger partial charge in [0, 0.05) is 16.6 Å². The summed E-state index contributed by atoms with van der Waals surface area (Å²) in [6, 6.07) is 9.78. The third-order valence-corrected chi connectivity index (χ3v) is 3.45. The number of nitro groups is 1. The molecule has 1 amide bonds. The number of hydrogen-bond acceptors (Lipinski definition) is 4. The van der Waals surface area contributed by atoms with E-state index in [1.165, 1.54) is 11.8 Å². The van der Waals surface area contributed by atoms with E-state index in [-0.39, 0.29) is 5.56 Å². The molecule has 0 atom stereocenters. The fourth-order valence-corrected chi connectivity index (χ4v) is 2.21. The molecule has 0 aliphatic carbocycles. The van der Waals surface area contributed by atoms with E-state index in [9.17, 15) is 19.3 Å². The Hall–Kier alpha value is -2.41. The molecule has 0 saturated carbocycles. The molecule has 0 fully saturated rings. The number of nitrogens with zero attached hydrogens (tertiary/aromatic N) is 1. The average molecular weight is 306 g/mol. The fourth-order valence-electron chi connectivity index (χ4n) is 1.75. The van der Waals surface area contributed by atoms with Gasteiger partial charge in [-0.25, -0.2) is 4.39 Å². The molecule has 0 aliphatic rings. The largest absolute Gasteiger partial charge is 0.322 e. The zero-order valence-corrected chi connectivity index (χ0v) is 11.8. The van der Waals surface area contributed by atoms with Crippen molar-refractivity contribution < 1.29 is 14.1 Å². The summed E-state index contributed by atoms with van der Waals surface area (Å²) in [6.45, 7) is 0. The van der Waals surface area contributed by atoms with E-state index in [4.69, 9.17) is 0 Å². The lowest BCUT2D eigenvalue weighted by Gasteiger charge is -2.07. The number of benzene rings is 2. The Kier molecular flexibility index (Phi) is 4.54. The van der Waals surface area contributed by atoms with Crippen LogP contribution in [0.15, 0.2) is 47.4 Å². The van der Waals surface area contributed by atoms with Gasteiger partial charge < -0.3 is 5.32 Å². The zero-order chi connectivity index (χ0) is 15.4. The lowest BCUT2D eigenvalue weighted by molar-refractivity contribution is -0.385. The number of rotatable bonds is 4. The number of halogens is 1. The number of hydrogen-bond donors (Lipinski definition) is 1. The molecule has 2 rings (SSSR count). The minimum Gasteiger partial charge on any atom is -0.322 e. The molecular formula is C14H11FN2O3S. The van der Waals surface area contributed by atoms with E-state index in [1.807, 2.05) is 12.3 Å². The number of amides is 1. The van der Waals surface area contributed by atoms with Gasteiger partial charge in [0.25, 0.3) is 11.6 Å². The van der Waals surface area contributed by atoms with Gasteiger partial charge in [-0.3, -0.25) is 14.9 Å². The summed E-state index contributed by atoms with van der Waals surface area (Å²) in [4.78, 5) is 23.2. The molecule has 2 aromatic rings. The van der Waals surface area contributed by atoms with Crippen LogP contribution in [-0.4, -0.2) is 17.1 Å². The Morgan fingerprint density at radius 2 is 2.05 bits per heavy atom. The van der Waals surface area contributed by atoms with Crippen LogP contribution in [0.2, 0.25) is 0 Å². The van der Waals surface area contributed by atoms with E-state index in [0.717, 1.165) is 23.1 Å². The van der Waals surface area contributed by atoms with Crippen LogP contribution in [0.1, 0.15) is 10.4 Å². The van der Waals surface area contributed by atoms with E-state index >= 15 is 0 Å². The van der Waals surface area contributed by atoms with Crippen molar-refractivity contribution in [1.82, 2.24) is 0 Å². The molecule has 0 spiro atoms. The van der Waals surface area contributed by atoms with Crippen molar-refractivity contribution in [2.24, 2.45) is 0 Å². The van der Waals surface area contributed by atoms with Crippen LogP contribution in [0.25, 0.3) is 0 Å². The van der Waals surface area contributed by atoms with Crippen molar-refractivity contribution >= 4 is 29.0 Å². The molecule has 0 heterocycles. The maximum Gasteiger partial charge on any atom is 0.282 e. The molecule has 0 aromatic heterocycles. The first-order valence-corrected chi connectivity index (χ1v) is 7.13. The SMILES string of the molecule is CSc1cccc(NC(=O)c2cc(F)ccc2[N+](=O)[O-])c1. The quantitative estimate of drug-likeness (QED) is 0.531. The second-order valence-corrected chi connectivity index (χ2v) is 4.98. The van der Waals surface area contributed by atoms with Gasteiger partial charge in [0.05, 0.1) is 4.92 Å². The fraction of sp³-hybridized carbons (Fsp3) is 0.0714. The highest BCUT2D eigenvalue weighted by Crippen LogP contribution is 2.23. The van der Waals surface area contributed by atoms with Crippen molar-refractivity contribution in [3.63, 3.8) is 0 Å². The van der Waals surface area contributed by atoms with Crippen molar-refractivity contribution in [2.45, 2.75) is 4.90 Å². The van der Waals surface area contributed by atoms with Gasteiger partial charge in [-0.05, 0) is 36.6 Å². The van der Waals surface area contributed by atoms with Crippen LogP contribution >= 0.6 is 11.8 Å². The summed E-state index contributed by atoms with van der Waals surface area (Å²) in [5, 5.41) is 13.4. The minimum atomic E-state index is -0.723. The van der Waals surface area contributed by atoms with Gasteiger partial charge in [0.15, 0.2) is 0 Å². The summed E-state index contributed by atoms with van der Waals surface area (Å²) in [5.74, 6) is -1.43. The van der Waals surface area contributed by atoms with Crippen LogP contribution in [0, 0.1) is 15.9 Å². The predicted molar refractivity (Wildman–Crippen MR) is 79.2 cm³/mol. The molecule has 21 heavy (non-hydrogen) atoms. The highest BCUT2D eigenvalue weighted by atomic mass is 32.2. The number of anilines is 1. The van der Waals surface area contributed by atoms with Gasteiger partial charge in [-0.1, -0.05) is 6.07 Å². The first-order valence-electron chi connectivity index (χ1n) is 5.90. The molecule has 0 saturated heterocycles. The Labute approximate surface area is 124 Å². The third kappa shape index (κ3) is 3.57.